The second-order valence-electron chi connectivity index (χ2n) is 8.72. The van der Waals surface area contributed by atoms with Gasteiger partial charge < -0.3 is 15.0 Å². The van der Waals surface area contributed by atoms with Crippen molar-refractivity contribution >= 4 is 11.7 Å². The third-order valence-electron chi connectivity index (χ3n) is 5.69. The Morgan fingerprint density at radius 2 is 1.83 bits per heavy atom. The fourth-order valence-electron chi connectivity index (χ4n) is 3.96. The molecular formula is C24H34N4O2. The molecule has 1 aromatic carbocycles. The predicted molar refractivity (Wildman–Crippen MR) is 121 cm³/mol. The van der Waals surface area contributed by atoms with Crippen molar-refractivity contribution < 1.29 is 9.53 Å². The highest BCUT2D eigenvalue weighted by molar-refractivity contribution is 5.82. The molecule has 0 spiro atoms. The molecule has 3 rings (SSSR count). The number of carbonyl (C=O) groups is 1. The van der Waals surface area contributed by atoms with Gasteiger partial charge in [-0.05, 0) is 37.1 Å². The molecule has 0 bridgehead atoms. The van der Waals surface area contributed by atoms with Crippen molar-refractivity contribution in [2.45, 2.75) is 33.2 Å². The van der Waals surface area contributed by atoms with E-state index in [4.69, 9.17) is 4.74 Å². The molecule has 1 amide bonds. The lowest BCUT2D eigenvalue weighted by molar-refractivity contribution is -0.130. The molecule has 1 fully saturated rings. The maximum Gasteiger partial charge on any atom is 0.226 e. The van der Waals surface area contributed by atoms with Crippen LogP contribution in [0.15, 0.2) is 48.7 Å². The van der Waals surface area contributed by atoms with E-state index in [0.717, 1.165) is 49.9 Å². The molecule has 0 aliphatic carbocycles. The second kappa shape index (κ2) is 9.94. The number of nitrogens with one attached hydrogen (secondary N) is 1. The number of amides is 1. The van der Waals surface area contributed by atoms with Crippen LogP contribution in [0.4, 0.5) is 5.82 Å². The Morgan fingerprint density at radius 1 is 1.13 bits per heavy atom. The summed E-state index contributed by atoms with van der Waals surface area (Å²) in [5, 5.41) is 3.22. The van der Waals surface area contributed by atoms with Gasteiger partial charge in [-0.3, -0.25) is 9.69 Å². The highest BCUT2D eigenvalue weighted by Crippen LogP contribution is 2.28. The van der Waals surface area contributed by atoms with Crippen LogP contribution in [0.3, 0.4) is 0 Å². The van der Waals surface area contributed by atoms with Crippen LogP contribution in [-0.2, 0) is 11.2 Å². The first kappa shape index (κ1) is 22.1. The molecule has 6 nitrogen and oxygen atoms in total. The Morgan fingerprint density at radius 3 is 2.50 bits per heavy atom. The number of methoxy groups -OCH3 is 1. The fraction of sp³-hybridized carbons (Fsp3) is 0.500. The zero-order valence-electron chi connectivity index (χ0n) is 18.6. The van der Waals surface area contributed by atoms with E-state index >= 15 is 0 Å². The van der Waals surface area contributed by atoms with Crippen LogP contribution < -0.4 is 15.0 Å². The monoisotopic (exact) mass is 410 g/mol. The summed E-state index contributed by atoms with van der Waals surface area (Å²) in [4.78, 5) is 22.1. The van der Waals surface area contributed by atoms with Crippen LogP contribution >= 0.6 is 0 Å². The van der Waals surface area contributed by atoms with Gasteiger partial charge in [-0.2, -0.15) is 0 Å². The lowest BCUT2D eigenvalue weighted by Gasteiger charge is -2.37. The minimum Gasteiger partial charge on any atom is -0.496 e. The largest absolute Gasteiger partial charge is 0.496 e. The lowest BCUT2D eigenvalue weighted by Crippen LogP contribution is -2.52. The summed E-state index contributed by atoms with van der Waals surface area (Å²) in [5.74, 6) is 1.95. The summed E-state index contributed by atoms with van der Waals surface area (Å²) in [6.45, 7) is 10.8. The number of benzene rings is 1. The molecule has 0 radical (unpaired) electrons. The van der Waals surface area contributed by atoms with Crippen LogP contribution in [0.2, 0.25) is 0 Å². The third-order valence-corrected chi connectivity index (χ3v) is 5.69. The Hall–Kier alpha value is -2.60. The van der Waals surface area contributed by atoms with Gasteiger partial charge in [-0.25, -0.2) is 4.98 Å². The van der Waals surface area contributed by atoms with Gasteiger partial charge in [0.2, 0.25) is 5.91 Å². The number of nitrogens with zero attached hydrogens (tertiary/aromatic N) is 3. The molecule has 2 heterocycles. The molecular weight excluding hydrogens is 376 g/mol. The van der Waals surface area contributed by atoms with Crippen LogP contribution in [0, 0.1) is 5.41 Å². The number of aromatic nitrogens is 1. The minimum absolute atomic E-state index is 0.0769. The van der Waals surface area contributed by atoms with Gasteiger partial charge in [0.25, 0.3) is 0 Å². The van der Waals surface area contributed by atoms with Crippen molar-refractivity contribution in [2.24, 2.45) is 5.41 Å². The molecule has 1 saturated heterocycles. The highest BCUT2D eigenvalue weighted by atomic mass is 16.5. The van der Waals surface area contributed by atoms with E-state index in [0.29, 0.717) is 6.42 Å². The number of carbonyl (C=O) groups excluding carboxylic acids is 1. The summed E-state index contributed by atoms with van der Waals surface area (Å²) in [7, 11) is 1.67. The Bertz CT molecular complexity index is 817. The van der Waals surface area contributed by atoms with Gasteiger partial charge in [0, 0.05) is 50.4 Å². The first-order valence-corrected chi connectivity index (χ1v) is 10.7. The van der Waals surface area contributed by atoms with Gasteiger partial charge in [0.05, 0.1) is 7.11 Å². The van der Waals surface area contributed by atoms with Gasteiger partial charge in [0.1, 0.15) is 11.6 Å². The number of rotatable bonds is 8. The molecule has 0 saturated carbocycles. The Kier molecular flexibility index (Phi) is 7.32. The number of hydrogen-bond acceptors (Lipinski definition) is 5. The van der Waals surface area contributed by atoms with Gasteiger partial charge in [-0.15, -0.1) is 0 Å². The number of hydrogen-bond donors (Lipinski definition) is 1. The lowest BCUT2D eigenvalue weighted by atomic mass is 9.84. The van der Waals surface area contributed by atoms with Crippen LogP contribution in [-0.4, -0.2) is 61.7 Å². The quantitative estimate of drug-likeness (QED) is 0.725. The molecule has 1 aliphatic heterocycles. The number of para-hydroxylation sites is 1. The Labute approximate surface area is 180 Å². The zero-order valence-corrected chi connectivity index (χ0v) is 18.6. The van der Waals surface area contributed by atoms with E-state index in [2.05, 4.69) is 33.1 Å². The zero-order chi connectivity index (χ0) is 21.6. The van der Waals surface area contributed by atoms with E-state index in [9.17, 15) is 4.79 Å². The molecule has 30 heavy (non-hydrogen) atoms. The molecule has 1 aromatic heterocycles. The third kappa shape index (κ3) is 5.72. The molecule has 162 valence electrons. The summed E-state index contributed by atoms with van der Waals surface area (Å²) < 4.78 is 5.45. The summed E-state index contributed by atoms with van der Waals surface area (Å²) >= 11 is 0. The number of ether oxygens (including phenoxy) is 1. The molecule has 6 heteroatoms. The predicted octanol–water partition coefficient (Wildman–Crippen LogP) is 2.99. The van der Waals surface area contributed by atoms with Crippen molar-refractivity contribution in [2.75, 3.05) is 44.7 Å². The average molecular weight is 411 g/mol. The van der Waals surface area contributed by atoms with Gasteiger partial charge >= 0.3 is 0 Å². The van der Waals surface area contributed by atoms with Crippen molar-refractivity contribution in [3.05, 3.63) is 54.2 Å². The van der Waals surface area contributed by atoms with E-state index < -0.39 is 5.41 Å². The first-order chi connectivity index (χ1) is 14.4. The number of pyridine rings is 1. The van der Waals surface area contributed by atoms with Crippen molar-refractivity contribution in [3.8, 4) is 5.75 Å². The molecule has 1 atom stereocenters. The SMILES string of the molecule is COc1ccccc1CC(C)(C)C(=O)NC(C)CN1CCN(c2ccccn2)CC1. The van der Waals surface area contributed by atoms with E-state index in [-0.39, 0.29) is 11.9 Å². The second-order valence-corrected chi connectivity index (χ2v) is 8.72. The topological polar surface area (TPSA) is 57.7 Å². The van der Waals surface area contributed by atoms with Crippen LogP contribution in [0.25, 0.3) is 0 Å². The number of piperazine rings is 1. The number of anilines is 1. The first-order valence-electron chi connectivity index (χ1n) is 10.7. The van der Waals surface area contributed by atoms with Crippen molar-refractivity contribution in [3.63, 3.8) is 0 Å². The van der Waals surface area contributed by atoms with Gasteiger partial charge in [-0.1, -0.05) is 38.1 Å². The van der Waals surface area contributed by atoms with E-state index in [1.807, 2.05) is 56.4 Å². The minimum atomic E-state index is -0.513. The highest BCUT2D eigenvalue weighted by Gasteiger charge is 2.30. The van der Waals surface area contributed by atoms with E-state index in [1.54, 1.807) is 7.11 Å². The maximum absolute atomic E-state index is 13.0. The van der Waals surface area contributed by atoms with Crippen molar-refractivity contribution in [1.29, 1.82) is 0 Å². The van der Waals surface area contributed by atoms with Crippen LogP contribution in [0.1, 0.15) is 26.3 Å². The fourth-order valence-corrected chi connectivity index (χ4v) is 3.96. The molecule has 1 N–H and O–H groups in total. The van der Waals surface area contributed by atoms with Crippen LogP contribution in [0.5, 0.6) is 5.75 Å². The normalized spacial score (nSPS) is 16.2. The standard InChI is InChI=1S/C24H34N4O2/c1-19(18-27-13-15-28(16-14-27)22-11-7-8-12-25-22)26-23(29)24(2,3)17-20-9-5-6-10-21(20)30-4/h5-12,19H,13-18H2,1-4H3,(H,26,29). The average Bonchev–Trinajstić information content (AvgIpc) is 2.75. The summed E-state index contributed by atoms with van der Waals surface area (Å²) in [6, 6.07) is 14.0. The summed E-state index contributed by atoms with van der Waals surface area (Å²) in [5.41, 5.74) is 0.541. The molecule has 1 aliphatic rings. The molecule has 1 unspecified atom stereocenters. The van der Waals surface area contributed by atoms with Gasteiger partial charge in [0.15, 0.2) is 0 Å². The Balaban J connectivity index is 1.48. The maximum atomic E-state index is 13.0. The summed E-state index contributed by atoms with van der Waals surface area (Å²) in [6.07, 6.45) is 2.48. The molecule has 2 aromatic rings. The van der Waals surface area contributed by atoms with E-state index in [1.165, 1.54) is 0 Å². The van der Waals surface area contributed by atoms with Crippen molar-refractivity contribution in [1.82, 2.24) is 15.2 Å². The smallest absolute Gasteiger partial charge is 0.226 e.